The number of allylic oxidation sites excluding steroid dienone is 2. The Kier molecular flexibility index (Phi) is 34.0. The summed E-state index contributed by atoms with van der Waals surface area (Å²) in [6.45, 7) is 3.30. The molecular weight excluding hydrogens is 779 g/mol. The standard InChI is InChI=1S/C45H85O13P/c1-3-5-7-9-11-13-15-17-19-21-23-25-27-29-31-33-38(46)55-35-37(36-56-59(53,54)58-45-43(51)41(49)40(48)42(50)44(45)52)57-39(47)34-32-30-28-26-24-22-20-18-16-14-12-10-8-6-4-2/h17,19,37,40-45,48-52H,3-16,18,20-36H2,1-2H3,(H,53,54)/b19-17-/t37-,40?,41-,42?,43?,44?,45?/m1/s1. The van der Waals surface area contributed by atoms with Crippen molar-refractivity contribution in [3.8, 4) is 0 Å². The molecule has 1 rings (SSSR count). The van der Waals surface area contributed by atoms with E-state index in [0.717, 1.165) is 57.8 Å². The number of phosphoric acid groups is 1. The fourth-order valence-electron chi connectivity index (χ4n) is 7.28. The minimum absolute atomic E-state index is 0.101. The van der Waals surface area contributed by atoms with E-state index in [1.165, 1.54) is 109 Å². The van der Waals surface area contributed by atoms with Crippen LogP contribution in [0.5, 0.6) is 0 Å². The van der Waals surface area contributed by atoms with Crippen molar-refractivity contribution in [3.63, 3.8) is 0 Å². The van der Waals surface area contributed by atoms with Gasteiger partial charge in [-0.25, -0.2) is 4.57 Å². The molecule has 13 nitrogen and oxygen atoms in total. The molecule has 1 saturated carbocycles. The molecule has 0 aliphatic heterocycles. The summed E-state index contributed by atoms with van der Waals surface area (Å²) >= 11 is 0. The number of phosphoric ester groups is 1. The first-order valence-corrected chi connectivity index (χ1v) is 25.0. The van der Waals surface area contributed by atoms with Gasteiger partial charge in [-0.3, -0.25) is 18.6 Å². The molecule has 1 aliphatic carbocycles. The number of ether oxygens (including phenoxy) is 2. The van der Waals surface area contributed by atoms with Crippen LogP contribution < -0.4 is 0 Å². The number of carbonyl (C=O) groups excluding carboxylic acids is 2. The Morgan fingerprint density at radius 2 is 0.864 bits per heavy atom. The summed E-state index contributed by atoms with van der Waals surface area (Å²) in [5, 5.41) is 50.1. The Balaban J connectivity index is 2.45. The maximum Gasteiger partial charge on any atom is 0.472 e. The van der Waals surface area contributed by atoms with E-state index in [4.69, 9.17) is 18.5 Å². The molecule has 0 aromatic carbocycles. The molecule has 59 heavy (non-hydrogen) atoms. The number of esters is 2. The predicted octanol–water partition coefficient (Wildman–Crippen LogP) is 9.06. The molecule has 0 amide bonds. The summed E-state index contributed by atoms with van der Waals surface area (Å²) in [6.07, 6.45) is 24.1. The Bertz CT molecular complexity index is 1090. The van der Waals surface area contributed by atoms with Crippen LogP contribution >= 0.6 is 7.82 Å². The highest BCUT2D eigenvalue weighted by atomic mass is 31.2. The molecule has 0 heterocycles. The van der Waals surface area contributed by atoms with Crippen molar-refractivity contribution in [1.82, 2.24) is 0 Å². The van der Waals surface area contributed by atoms with Crippen LogP contribution in [0.1, 0.15) is 206 Å². The van der Waals surface area contributed by atoms with Gasteiger partial charge in [0.2, 0.25) is 0 Å². The van der Waals surface area contributed by atoms with Crippen LogP contribution in [0.2, 0.25) is 0 Å². The quantitative estimate of drug-likeness (QED) is 0.0148. The first kappa shape index (κ1) is 55.6. The molecule has 0 bridgehead atoms. The number of aliphatic hydroxyl groups is 5. The molecule has 0 aromatic rings. The zero-order valence-electron chi connectivity index (χ0n) is 36.8. The number of aliphatic hydroxyl groups excluding tert-OH is 5. The lowest BCUT2D eigenvalue weighted by atomic mass is 9.85. The van der Waals surface area contributed by atoms with E-state index < -0.39 is 75.7 Å². The van der Waals surface area contributed by atoms with Crippen LogP contribution in [-0.4, -0.2) is 98.3 Å². The van der Waals surface area contributed by atoms with Gasteiger partial charge in [-0.1, -0.05) is 167 Å². The highest BCUT2D eigenvalue weighted by Crippen LogP contribution is 2.47. The van der Waals surface area contributed by atoms with Crippen molar-refractivity contribution < 1.29 is 63.1 Å². The molecule has 14 heteroatoms. The molecule has 1 fully saturated rings. The van der Waals surface area contributed by atoms with Gasteiger partial charge in [0.05, 0.1) is 6.61 Å². The molecule has 0 saturated heterocycles. The number of unbranched alkanes of at least 4 members (excludes halogenated alkanes) is 25. The van der Waals surface area contributed by atoms with Crippen LogP contribution in [0.25, 0.3) is 0 Å². The summed E-state index contributed by atoms with van der Waals surface area (Å²) in [6, 6.07) is 0. The van der Waals surface area contributed by atoms with E-state index in [2.05, 4.69) is 26.0 Å². The zero-order valence-corrected chi connectivity index (χ0v) is 37.7. The lowest BCUT2D eigenvalue weighted by Gasteiger charge is -2.41. The molecule has 6 unspecified atom stereocenters. The van der Waals surface area contributed by atoms with Crippen molar-refractivity contribution in [2.24, 2.45) is 0 Å². The van der Waals surface area contributed by atoms with Crippen LogP contribution in [-0.2, 0) is 32.7 Å². The van der Waals surface area contributed by atoms with Gasteiger partial charge in [0.15, 0.2) is 6.10 Å². The second kappa shape index (κ2) is 36.1. The third kappa shape index (κ3) is 28.7. The number of hydrogen-bond donors (Lipinski definition) is 6. The van der Waals surface area contributed by atoms with Crippen molar-refractivity contribution in [3.05, 3.63) is 12.2 Å². The lowest BCUT2D eigenvalue weighted by molar-refractivity contribution is -0.220. The van der Waals surface area contributed by atoms with Gasteiger partial charge in [-0.2, -0.15) is 0 Å². The summed E-state index contributed by atoms with van der Waals surface area (Å²) in [5.41, 5.74) is 0. The third-order valence-electron chi connectivity index (χ3n) is 11.1. The first-order chi connectivity index (χ1) is 28.4. The fraction of sp³-hybridized carbons (Fsp3) is 0.911. The smallest absolute Gasteiger partial charge is 0.462 e. The van der Waals surface area contributed by atoms with Crippen molar-refractivity contribution >= 4 is 19.8 Å². The molecular formula is C45H85O13P. The predicted molar refractivity (Wildman–Crippen MR) is 231 cm³/mol. The number of hydrogen-bond acceptors (Lipinski definition) is 12. The molecule has 0 spiro atoms. The Morgan fingerprint density at radius 3 is 1.29 bits per heavy atom. The van der Waals surface area contributed by atoms with E-state index in [1.54, 1.807) is 0 Å². The SMILES string of the molecule is CCCCCCCC/C=C\CCCCCCCC(=O)OC[C@H](COP(=O)(O)OC1C(O)C(O)C(O)[C@@H](O)C1O)OC(=O)CCCCCCCCCCCCCCCCC. The van der Waals surface area contributed by atoms with Crippen LogP contribution in [0.15, 0.2) is 12.2 Å². The second-order valence-corrected chi connectivity index (χ2v) is 18.0. The largest absolute Gasteiger partial charge is 0.472 e. The van der Waals surface area contributed by atoms with Gasteiger partial charge in [0, 0.05) is 12.8 Å². The van der Waals surface area contributed by atoms with Crippen molar-refractivity contribution in [1.29, 1.82) is 0 Å². The number of carbonyl (C=O) groups is 2. The number of rotatable bonds is 39. The first-order valence-electron chi connectivity index (χ1n) is 23.5. The van der Waals surface area contributed by atoms with Crippen LogP contribution in [0.3, 0.4) is 0 Å². The Labute approximate surface area is 356 Å². The Morgan fingerprint density at radius 1 is 0.508 bits per heavy atom. The van der Waals surface area contributed by atoms with E-state index in [9.17, 15) is 44.6 Å². The summed E-state index contributed by atoms with van der Waals surface area (Å²) < 4.78 is 33.5. The normalized spacial score (nSPS) is 22.4. The fourth-order valence-corrected chi connectivity index (χ4v) is 8.26. The molecule has 6 N–H and O–H groups in total. The van der Waals surface area contributed by atoms with Gasteiger partial charge in [-0.15, -0.1) is 0 Å². The Hall–Kier alpha value is -1.41. The van der Waals surface area contributed by atoms with E-state index in [1.807, 2.05) is 0 Å². The van der Waals surface area contributed by atoms with Gasteiger partial charge in [-0.05, 0) is 38.5 Å². The topological polar surface area (TPSA) is 210 Å². The minimum Gasteiger partial charge on any atom is -0.462 e. The highest BCUT2D eigenvalue weighted by molar-refractivity contribution is 7.47. The molecule has 1 aliphatic rings. The highest BCUT2D eigenvalue weighted by Gasteiger charge is 2.51. The van der Waals surface area contributed by atoms with Gasteiger partial charge in [0.25, 0.3) is 0 Å². The van der Waals surface area contributed by atoms with Gasteiger partial charge < -0.3 is 39.9 Å². The van der Waals surface area contributed by atoms with Crippen molar-refractivity contribution in [2.75, 3.05) is 13.2 Å². The lowest BCUT2D eigenvalue weighted by Crippen LogP contribution is -2.64. The minimum atomic E-state index is -5.11. The van der Waals surface area contributed by atoms with Gasteiger partial charge in [0.1, 0.15) is 43.2 Å². The van der Waals surface area contributed by atoms with E-state index in [0.29, 0.717) is 12.8 Å². The van der Waals surface area contributed by atoms with Crippen molar-refractivity contribution in [2.45, 2.75) is 249 Å². The van der Waals surface area contributed by atoms with Crippen LogP contribution in [0.4, 0.5) is 0 Å². The average molecular weight is 865 g/mol. The summed E-state index contributed by atoms with van der Waals surface area (Å²) in [7, 11) is -5.11. The second-order valence-electron chi connectivity index (χ2n) is 16.6. The maximum absolute atomic E-state index is 12.8. The summed E-state index contributed by atoms with van der Waals surface area (Å²) in [5.74, 6) is -1.10. The molecule has 8 atom stereocenters. The van der Waals surface area contributed by atoms with Gasteiger partial charge >= 0.3 is 19.8 Å². The van der Waals surface area contributed by atoms with E-state index in [-0.39, 0.29) is 12.8 Å². The molecule has 348 valence electrons. The monoisotopic (exact) mass is 865 g/mol. The average Bonchev–Trinajstić information content (AvgIpc) is 3.21. The summed E-state index contributed by atoms with van der Waals surface area (Å²) in [4.78, 5) is 35.7. The molecule has 0 radical (unpaired) electrons. The van der Waals surface area contributed by atoms with E-state index >= 15 is 0 Å². The maximum atomic E-state index is 12.8. The zero-order chi connectivity index (χ0) is 43.6. The molecule has 0 aromatic heterocycles. The van der Waals surface area contributed by atoms with Crippen LogP contribution in [0, 0.1) is 0 Å². The third-order valence-corrected chi connectivity index (χ3v) is 12.1.